The summed E-state index contributed by atoms with van der Waals surface area (Å²) >= 11 is 6.63. The third-order valence-corrected chi connectivity index (χ3v) is 10.9. The van der Waals surface area contributed by atoms with Gasteiger partial charge in [0.25, 0.3) is 0 Å². The van der Waals surface area contributed by atoms with Gasteiger partial charge in [-0.15, -0.1) is 0 Å². The van der Waals surface area contributed by atoms with Crippen LogP contribution in [0.2, 0.25) is 5.02 Å². The predicted molar refractivity (Wildman–Crippen MR) is 163 cm³/mol. The summed E-state index contributed by atoms with van der Waals surface area (Å²) in [5.74, 6) is 2.22. The Morgan fingerprint density at radius 1 is 0.975 bits per heavy atom. The van der Waals surface area contributed by atoms with E-state index < -0.39 is 6.17 Å². The molecule has 1 spiro atoms. The maximum absolute atomic E-state index is 12.8. The summed E-state index contributed by atoms with van der Waals surface area (Å²) in [5.41, 5.74) is 12.8. The van der Waals surface area contributed by atoms with Crippen molar-refractivity contribution in [3.05, 3.63) is 45.4 Å². The van der Waals surface area contributed by atoms with E-state index in [0.717, 1.165) is 74.7 Å². The number of fused-ring (bicyclic) bond motifs is 4. The number of hydrogen-bond acceptors (Lipinski definition) is 5. The van der Waals surface area contributed by atoms with Crippen LogP contribution in [-0.4, -0.2) is 52.8 Å². The molecule has 0 radical (unpaired) electrons. The molecule has 0 amide bonds. The van der Waals surface area contributed by atoms with Gasteiger partial charge in [-0.1, -0.05) is 31.4 Å². The summed E-state index contributed by atoms with van der Waals surface area (Å²) in [5, 5.41) is 0.845. The molecule has 3 aliphatic heterocycles. The van der Waals surface area contributed by atoms with Gasteiger partial charge in [0.05, 0.1) is 5.69 Å². The summed E-state index contributed by atoms with van der Waals surface area (Å²) in [4.78, 5) is 15.0. The van der Waals surface area contributed by atoms with Crippen LogP contribution in [0.3, 0.4) is 0 Å². The van der Waals surface area contributed by atoms with Crippen LogP contribution in [0.5, 0.6) is 0 Å². The highest BCUT2D eigenvalue weighted by molar-refractivity contribution is 6.31. The highest BCUT2D eigenvalue weighted by Crippen LogP contribution is 2.49. The number of hydrogen-bond donors (Lipinski definition) is 1. The molecule has 1 aromatic carbocycles. The van der Waals surface area contributed by atoms with E-state index in [4.69, 9.17) is 27.3 Å². The Morgan fingerprint density at radius 3 is 2.52 bits per heavy atom. The molecule has 3 atom stereocenters. The number of benzene rings is 1. The molecule has 3 unspecified atom stereocenters. The van der Waals surface area contributed by atoms with E-state index in [9.17, 15) is 4.39 Å². The van der Waals surface area contributed by atoms with Crippen LogP contribution in [0.15, 0.2) is 12.1 Å². The molecule has 1 aromatic heterocycles. The highest BCUT2D eigenvalue weighted by atomic mass is 35.5. The average Bonchev–Trinajstić information content (AvgIpc) is 3.27. The molecule has 5 nitrogen and oxygen atoms in total. The second-order valence-electron chi connectivity index (χ2n) is 13.3. The van der Waals surface area contributed by atoms with Gasteiger partial charge in [0.1, 0.15) is 17.8 Å². The van der Waals surface area contributed by atoms with Gasteiger partial charge in [0, 0.05) is 53.3 Å². The second kappa shape index (κ2) is 11.4. The third-order valence-electron chi connectivity index (χ3n) is 10.6. The molecule has 7 heteroatoms. The zero-order chi connectivity index (χ0) is 27.9. The highest BCUT2D eigenvalue weighted by Gasteiger charge is 2.45. The topological polar surface area (TPSA) is 58.3 Å². The van der Waals surface area contributed by atoms with E-state index in [2.05, 4.69) is 29.7 Å². The van der Waals surface area contributed by atoms with Crippen LogP contribution < -0.4 is 10.6 Å². The fraction of sp³-hybridized carbons (Fsp3) is 0.697. The van der Waals surface area contributed by atoms with Gasteiger partial charge in [-0.25, -0.2) is 14.4 Å². The summed E-state index contributed by atoms with van der Waals surface area (Å²) in [6.07, 6.45) is 15.4. The van der Waals surface area contributed by atoms with Crippen LogP contribution in [0.4, 0.5) is 15.9 Å². The van der Waals surface area contributed by atoms with Crippen molar-refractivity contribution in [2.24, 2.45) is 0 Å². The zero-order valence-corrected chi connectivity index (χ0v) is 25.3. The van der Waals surface area contributed by atoms with Crippen LogP contribution in [-0.2, 0) is 31.1 Å². The summed E-state index contributed by atoms with van der Waals surface area (Å²) in [6, 6.07) is 4.12. The number of nitrogens with zero attached hydrogens (tertiary/aromatic N) is 4. The molecule has 2 aliphatic carbocycles. The Balaban J connectivity index is 0.000000242. The maximum Gasteiger partial charge on any atom is 0.135 e. The zero-order valence-electron chi connectivity index (χ0n) is 24.6. The van der Waals surface area contributed by atoms with E-state index in [1.165, 1.54) is 79.6 Å². The van der Waals surface area contributed by atoms with Gasteiger partial charge >= 0.3 is 0 Å². The minimum atomic E-state index is -0.551. The first kappa shape index (κ1) is 28.2. The molecule has 0 bridgehead atoms. The van der Waals surface area contributed by atoms with Crippen molar-refractivity contribution in [3.8, 4) is 0 Å². The minimum Gasteiger partial charge on any atom is -0.399 e. The maximum atomic E-state index is 12.8. The van der Waals surface area contributed by atoms with E-state index in [1.807, 2.05) is 6.07 Å². The Bertz CT molecular complexity index is 1230. The minimum absolute atomic E-state index is 0.120. The first-order valence-electron chi connectivity index (χ1n) is 15.9. The Hall–Kier alpha value is -1.92. The van der Waals surface area contributed by atoms with Crippen molar-refractivity contribution in [3.63, 3.8) is 0 Å². The molecule has 218 valence electrons. The lowest BCUT2D eigenvalue weighted by Crippen LogP contribution is -2.39. The van der Waals surface area contributed by atoms with Crippen LogP contribution in [0.25, 0.3) is 0 Å². The standard InChI is InChI=1S/C25H33ClN4.C8H14FN/c1-2-23-28-22-16-25(10-7-8-18-20(25)14-17(27)15-21(18)26)11-9-19(22)24(29-23)30-12-5-3-4-6-13-30;1-8-3-2-4-10(8)6-7(9)5-8/h14-15H,2-13,16,27H2,1H3;7H,2-6H2,1H3. The van der Waals surface area contributed by atoms with E-state index in [-0.39, 0.29) is 11.0 Å². The number of anilines is 2. The molecular formula is C33H47ClFN5. The van der Waals surface area contributed by atoms with Gasteiger partial charge in [-0.3, -0.25) is 4.90 Å². The van der Waals surface area contributed by atoms with E-state index in [0.29, 0.717) is 6.54 Å². The lowest BCUT2D eigenvalue weighted by atomic mass is 9.62. The van der Waals surface area contributed by atoms with Crippen molar-refractivity contribution >= 4 is 23.1 Å². The number of nitrogens with two attached hydrogens (primary N) is 1. The monoisotopic (exact) mass is 567 g/mol. The molecule has 5 aliphatic rings. The molecule has 0 saturated carbocycles. The van der Waals surface area contributed by atoms with Crippen molar-refractivity contribution in [2.75, 3.05) is 36.8 Å². The van der Waals surface area contributed by atoms with Gasteiger partial charge in [-0.05, 0) is 107 Å². The van der Waals surface area contributed by atoms with Crippen molar-refractivity contribution in [2.45, 2.75) is 121 Å². The van der Waals surface area contributed by atoms with Crippen molar-refractivity contribution in [1.82, 2.24) is 14.9 Å². The lowest BCUT2D eigenvalue weighted by molar-refractivity contribution is 0.217. The molecule has 7 rings (SSSR count). The number of halogens is 2. The molecule has 4 heterocycles. The Morgan fingerprint density at radius 2 is 1.77 bits per heavy atom. The summed E-state index contributed by atoms with van der Waals surface area (Å²) in [6.45, 7) is 8.44. The molecule has 3 fully saturated rings. The smallest absolute Gasteiger partial charge is 0.135 e. The number of nitrogen functional groups attached to an aromatic ring is 1. The predicted octanol–water partition coefficient (Wildman–Crippen LogP) is 7.00. The van der Waals surface area contributed by atoms with Crippen LogP contribution in [0, 0.1) is 0 Å². The number of alkyl halides is 1. The van der Waals surface area contributed by atoms with Crippen molar-refractivity contribution in [1.29, 1.82) is 0 Å². The fourth-order valence-electron chi connectivity index (χ4n) is 8.41. The Labute approximate surface area is 245 Å². The van der Waals surface area contributed by atoms with Gasteiger partial charge in [0.2, 0.25) is 0 Å². The Kier molecular flexibility index (Phi) is 8.04. The largest absolute Gasteiger partial charge is 0.399 e. The van der Waals surface area contributed by atoms with Gasteiger partial charge in [-0.2, -0.15) is 0 Å². The second-order valence-corrected chi connectivity index (χ2v) is 13.7. The number of aromatic nitrogens is 2. The van der Waals surface area contributed by atoms with Crippen molar-refractivity contribution < 1.29 is 4.39 Å². The van der Waals surface area contributed by atoms with Crippen LogP contribution >= 0.6 is 11.6 Å². The molecule has 2 N–H and O–H groups in total. The first-order valence-corrected chi connectivity index (χ1v) is 16.3. The average molecular weight is 568 g/mol. The van der Waals surface area contributed by atoms with Gasteiger partial charge in [0.15, 0.2) is 0 Å². The molecule has 40 heavy (non-hydrogen) atoms. The number of rotatable bonds is 2. The van der Waals surface area contributed by atoms with Crippen LogP contribution in [0.1, 0.15) is 106 Å². The third kappa shape index (κ3) is 5.35. The van der Waals surface area contributed by atoms with E-state index >= 15 is 0 Å². The SMILES string of the molecule is CC12CCCN1CC(F)C2.CCc1nc2c(c(N3CCCCCC3)n1)CCC1(CCCc3c(Cl)cc(N)cc31)C2. The fourth-order valence-corrected chi connectivity index (χ4v) is 8.74. The molecule has 2 aromatic rings. The lowest BCUT2D eigenvalue weighted by Gasteiger charge is -2.43. The summed E-state index contributed by atoms with van der Waals surface area (Å²) in [7, 11) is 0. The van der Waals surface area contributed by atoms with E-state index in [1.54, 1.807) is 0 Å². The molecular weight excluding hydrogens is 521 g/mol. The van der Waals surface area contributed by atoms with Gasteiger partial charge < -0.3 is 10.6 Å². The summed E-state index contributed by atoms with van der Waals surface area (Å²) < 4.78 is 12.8. The first-order chi connectivity index (χ1) is 19.3. The quantitative estimate of drug-likeness (QED) is 0.396. The molecule has 3 saturated heterocycles. The normalized spacial score (nSPS) is 29.8. The number of aryl methyl sites for hydroxylation is 1.